The highest BCUT2D eigenvalue weighted by molar-refractivity contribution is 5.47. The Morgan fingerprint density at radius 2 is 2.08 bits per heavy atom. The van der Waals surface area contributed by atoms with Gasteiger partial charge in [0.15, 0.2) is 0 Å². The van der Waals surface area contributed by atoms with Crippen LogP contribution in [0, 0.1) is 0 Å². The topological polar surface area (TPSA) is 30.7 Å². The van der Waals surface area contributed by atoms with Crippen LogP contribution in [0.3, 0.4) is 0 Å². The van der Waals surface area contributed by atoms with Gasteiger partial charge in [-0.05, 0) is 6.08 Å². The third-order valence-electron chi connectivity index (χ3n) is 1.18. The third kappa shape index (κ3) is 3.51. The summed E-state index contributed by atoms with van der Waals surface area (Å²) in [5.74, 6) is 0. The fourth-order valence-electron chi connectivity index (χ4n) is 0.679. The van der Waals surface area contributed by atoms with Crippen LogP contribution in [-0.4, -0.2) is 15.0 Å². The highest BCUT2D eigenvalue weighted by atomic mass is 15.4. The highest BCUT2D eigenvalue weighted by Gasteiger charge is 1.92. The lowest BCUT2D eigenvalue weighted by atomic mass is 10.4. The number of rotatable bonds is 3. The van der Waals surface area contributed by atoms with Crippen molar-refractivity contribution in [2.75, 3.05) is 0 Å². The Hall–Kier alpha value is -1.64. The predicted molar refractivity (Wildman–Crippen MR) is 57.0 cm³/mol. The molecule has 0 amide bonds. The van der Waals surface area contributed by atoms with Gasteiger partial charge in [0.05, 0.1) is 11.9 Å². The molecule has 0 spiro atoms. The summed E-state index contributed by atoms with van der Waals surface area (Å²) in [5.41, 5.74) is 0.889. The molecule has 0 atom stereocenters. The lowest BCUT2D eigenvalue weighted by Gasteiger charge is -1.90. The van der Waals surface area contributed by atoms with E-state index in [1.165, 1.54) is 0 Å². The van der Waals surface area contributed by atoms with Crippen molar-refractivity contribution < 1.29 is 0 Å². The van der Waals surface area contributed by atoms with Gasteiger partial charge in [0.2, 0.25) is 0 Å². The zero-order valence-electron chi connectivity index (χ0n) is 8.14. The Labute approximate surface area is 79.1 Å². The first-order valence-corrected chi connectivity index (χ1v) is 4.20. The van der Waals surface area contributed by atoms with Gasteiger partial charge in [-0.15, -0.1) is 5.10 Å². The van der Waals surface area contributed by atoms with Crippen molar-refractivity contribution in [2.24, 2.45) is 0 Å². The minimum Gasteiger partial charge on any atom is -0.221 e. The van der Waals surface area contributed by atoms with Crippen molar-refractivity contribution in [3.63, 3.8) is 0 Å². The minimum atomic E-state index is 0.889. The van der Waals surface area contributed by atoms with Gasteiger partial charge in [-0.3, -0.25) is 0 Å². The largest absolute Gasteiger partial charge is 0.221 e. The standard InChI is InChI=1S/C8H9N3.C2H6/c1-3-5-6-8-7-9-10-11(8)4-2;1-2/h3-7H,1-2H2;1-2H3/b6-5-;. The summed E-state index contributed by atoms with van der Waals surface area (Å²) in [6, 6.07) is 0. The average molecular weight is 177 g/mol. The normalized spacial score (nSPS) is 9.08. The molecule has 0 saturated heterocycles. The summed E-state index contributed by atoms with van der Waals surface area (Å²) >= 11 is 0. The molecule has 3 heteroatoms. The molecule has 3 nitrogen and oxygen atoms in total. The maximum Gasteiger partial charge on any atom is 0.0864 e. The molecule has 0 aliphatic heterocycles. The Morgan fingerprint density at radius 1 is 1.38 bits per heavy atom. The molecule has 1 aromatic rings. The van der Waals surface area contributed by atoms with Crippen LogP contribution in [-0.2, 0) is 0 Å². The fourth-order valence-corrected chi connectivity index (χ4v) is 0.679. The van der Waals surface area contributed by atoms with E-state index >= 15 is 0 Å². The van der Waals surface area contributed by atoms with E-state index in [0.29, 0.717) is 0 Å². The van der Waals surface area contributed by atoms with Crippen molar-refractivity contribution >= 4 is 12.3 Å². The zero-order valence-corrected chi connectivity index (χ0v) is 8.14. The molecular formula is C10H15N3. The Morgan fingerprint density at radius 3 is 2.62 bits per heavy atom. The summed E-state index contributed by atoms with van der Waals surface area (Å²) in [5, 5.41) is 7.45. The molecule has 13 heavy (non-hydrogen) atoms. The molecule has 70 valence electrons. The molecule has 0 fully saturated rings. The number of allylic oxidation sites excluding steroid dienone is 2. The van der Waals surface area contributed by atoms with E-state index < -0.39 is 0 Å². The number of aromatic nitrogens is 3. The lowest BCUT2D eigenvalue weighted by Crippen LogP contribution is -1.90. The van der Waals surface area contributed by atoms with Gasteiger partial charge >= 0.3 is 0 Å². The van der Waals surface area contributed by atoms with Crippen molar-refractivity contribution in [3.8, 4) is 0 Å². The lowest BCUT2D eigenvalue weighted by molar-refractivity contribution is 0.837. The van der Waals surface area contributed by atoms with E-state index in [1.54, 1.807) is 23.2 Å². The third-order valence-corrected chi connectivity index (χ3v) is 1.18. The molecule has 1 rings (SSSR count). The first kappa shape index (κ1) is 11.4. The van der Waals surface area contributed by atoms with Crippen LogP contribution in [0.1, 0.15) is 19.5 Å². The second-order valence-electron chi connectivity index (χ2n) is 1.88. The molecule has 0 unspecified atom stereocenters. The van der Waals surface area contributed by atoms with E-state index in [4.69, 9.17) is 0 Å². The van der Waals surface area contributed by atoms with Crippen molar-refractivity contribution in [1.29, 1.82) is 0 Å². The highest BCUT2D eigenvalue weighted by Crippen LogP contribution is 1.98. The number of nitrogens with zero attached hydrogens (tertiary/aromatic N) is 3. The molecule has 0 aliphatic carbocycles. The Balaban J connectivity index is 0.000000671. The second kappa shape index (κ2) is 7.03. The molecule has 0 radical (unpaired) electrons. The summed E-state index contributed by atoms with van der Waals surface area (Å²) in [7, 11) is 0. The van der Waals surface area contributed by atoms with Gasteiger partial charge in [-0.25, -0.2) is 4.68 Å². The summed E-state index contributed by atoms with van der Waals surface area (Å²) in [6.07, 6.45) is 8.62. The van der Waals surface area contributed by atoms with Gasteiger partial charge in [0.25, 0.3) is 0 Å². The Kier molecular flexibility index (Phi) is 6.15. The van der Waals surface area contributed by atoms with Gasteiger partial charge in [0.1, 0.15) is 0 Å². The number of hydrogen-bond acceptors (Lipinski definition) is 2. The molecule has 1 aromatic heterocycles. The maximum atomic E-state index is 3.75. The van der Waals surface area contributed by atoms with Crippen LogP contribution in [0.4, 0.5) is 0 Å². The van der Waals surface area contributed by atoms with E-state index in [2.05, 4.69) is 23.5 Å². The van der Waals surface area contributed by atoms with Gasteiger partial charge in [-0.1, -0.05) is 44.4 Å². The maximum absolute atomic E-state index is 3.75. The first-order chi connectivity index (χ1) is 6.38. The van der Waals surface area contributed by atoms with Crippen molar-refractivity contribution in [3.05, 3.63) is 37.2 Å². The summed E-state index contributed by atoms with van der Waals surface area (Å²) < 4.78 is 1.58. The van der Waals surface area contributed by atoms with E-state index in [9.17, 15) is 0 Å². The van der Waals surface area contributed by atoms with Crippen molar-refractivity contribution in [2.45, 2.75) is 13.8 Å². The van der Waals surface area contributed by atoms with Crippen LogP contribution in [0.25, 0.3) is 12.3 Å². The quantitative estimate of drug-likeness (QED) is 0.664. The molecule has 1 heterocycles. The average Bonchev–Trinajstić information content (AvgIpc) is 2.65. The van der Waals surface area contributed by atoms with Crippen LogP contribution < -0.4 is 0 Å². The van der Waals surface area contributed by atoms with E-state index in [1.807, 2.05) is 26.0 Å². The molecule has 0 aliphatic rings. The summed E-state index contributed by atoms with van der Waals surface area (Å²) in [4.78, 5) is 0. The zero-order chi connectivity index (χ0) is 10.1. The minimum absolute atomic E-state index is 0.889. The van der Waals surface area contributed by atoms with Crippen LogP contribution >= 0.6 is 0 Å². The molecule has 0 aromatic carbocycles. The number of hydrogen-bond donors (Lipinski definition) is 0. The fraction of sp³-hybridized carbons (Fsp3) is 0.200. The second-order valence-corrected chi connectivity index (χ2v) is 1.88. The van der Waals surface area contributed by atoms with Crippen LogP contribution in [0.5, 0.6) is 0 Å². The monoisotopic (exact) mass is 177 g/mol. The smallest absolute Gasteiger partial charge is 0.0864 e. The van der Waals surface area contributed by atoms with Gasteiger partial charge in [-0.2, -0.15) is 0 Å². The van der Waals surface area contributed by atoms with E-state index in [-0.39, 0.29) is 0 Å². The molecule has 0 N–H and O–H groups in total. The first-order valence-electron chi connectivity index (χ1n) is 4.20. The van der Waals surface area contributed by atoms with Gasteiger partial charge < -0.3 is 0 Å². The molecular weight excluding hydrogens is 162 g/mol. The van der Waals surface area contributed by atoms with Crippen LogP contribution in [0.15, 0.2) is 31.5 Å². The van der Waals surface area contributed by atoms with E-state index in [0.717, 1.165) is 5.69 Å². The Bertz CT molecular complexity index is 284. The predicted octanol–water partition coefficient (Wildman–Crippen LogP) is 2.60. The molecule has 0 saturated carbocycles. The SMILES string of the molecule is C=C/C=C\c1cnnn1C=C.CC. The molecule has 0 bridgehead atoms. The van der Waals surface area contributed by atoms with Gasteiger partial charge in [0, 0.05) is 6.20 Å². The van der Waals surface area contributed by atoms with Crippen LogP contribution in [0.2, 0.25) is 0 Å². The summed E-state index contributed by atoms with van der Waals surface area (Å²) in [6.45, 7) is 11.1. The van der Waals surface area contributed by atoms with Crippen molar-refractivity contribution in [1.82, 2.24) is 15.0 Å².